The maximum atomic E-state index is 12.8. The lowest BCUT2D eigenvalue weighted by atomic mass is 10.0. The zero-order valence-corrected chi connectivity index (χ0v) is 39.2. The first-order valence-corrected chi connectivity index (χ1v) is 25.7. The molecule has 0 aromatic heterocycles. The summed E-state index contributed by atoms with van der Waals surface area (Å²) in [5.41, 5.74) is 0. The molecule has 338 valence electrons. The number of nitrogens with zero attached hydrogens (tertiary/aromatic N) is 1. The van der Waals surface area contributed by atoms with E-state index in [1.54, 1.807) is 6.08 Å². The molecule has 9 heteroatoms. The largest absolute Gasteiger partial charge is 0.472 e. The van der Waals surface area contributed by atoms with Crippen molar-refractivity contribution >= 4 is 13.7 Å². The van der Waals surface area contributed by atoms with E-state index in [-0.39, 0.29) is 19.1 Å². The minimum absolute atomic E-state index is 0.0610. The Morgan fingerprint density at radius 3 is 1.40 bits per heavy atom. The van der Waals surface area contributed by atoms with E-state index in [0.717, 1.165) is 51.4 Å². The third-order valence-corrected chi connectivity index (χ3v) is 11.9. The van der Waals surface area contributed by atoms with Gasteiger partial charge in [0.05, 0.1) is 39.9 Å². The molecule has 0 aliphatic rings. The molecule has 57 heavy (non-hydrogen) atoms. The van der Waals surface area contributed by atoms with Gasteiger partial charge in [0, 0.05) is 6.42 Å². The normalized spacial score (nSPS) is 14.4. The average molecular weight is 828 g/mol. The summed E-state index contributed by atoms with van der Waals surface area (Å²) in [6.07, 6.45) is 48.4. The quantitative estimate of drug-likeness (QED) is 0.0244. The highest BCUT2D eigenvalue weighted by Crippen LogP contribution is 2.43. The Bertz CT molecular complexity index is 984. The van der Waals surface area contributed by atoms with Crippen molar-refractivity contribution in [3.05, 3.63) is 24.3 Å². The summed E-state index contributed by atoms with van der Waals surface area (Å²) in [5, 5.41) is 13.8. The van der Waals surface area contributed by atoms with Crippen LogP contribution < -0.4 is 5.32 Å². The van der Waals surface area contributed by atoms with Gasteiger partial charge in [-0.05, 0) is 38.5 Å². The monoisotopic (exact) mass is 828 g/mol. The number of allylic oxidation sites excluding steroid dienone is 3. The fourth-order valence-electron chi connectivity index (χ4n) is 7.02. The lowest BCUT2D eigenvalue weighted by molar-refractivity contribution is -0.870. The summed E-state index contributed by atoms with van der Waals surface area (Å²) in [6.45, 7) is 4.78. The first kappa shape index (κ1) is 56.0. The molecule has 3 unspecified atom stereocenters. The van der Waals surface area contributed by atoms with Gasteiger partial charge >= 0.3 is 7.82 Å². The Morgan fingerprint density at radius 1 is 0.579 bits per heavy atom. The Balaban J connectivity index is 4.23. The highest BCUT2D eigenvalue weighted by molar-refractivity contribution is 7.47. The number of rotatable bonds is 44. The number of amides is 1. The zero-order chi connectivity index (χ0) is 42.1. The summed E-state index contributed by atoms with van der Waals surface area (Å²) >= 11 is 0. The molecule has 0 aliphatic carbocycles. The van der Waals surface area contributed by atoms with Crippen molar-refractivity contribution in [2.45, 2.75) is 238 Å². The molecule has 3 atom stereocenters. The van der Waals surface area contributed by atoms with Gasteiger partial charge in [-0.15, -0.1) is 0 Å². The molecule has 0 spiro atoms. The van der Waals surface area contributed by atoms with E-state index in [2.05, 4.69) is 31.3 Å². The summed E-state index contributed by atoms with van der Waals surface area (Å²) in [5.74, 6) is -0.187. The van der Waals surface area contributed by atoms with E-state index in [1.807, 2.05) is 27.2 Å². The van der Waals surface area contributed by atoms with Crippen LogP contribution in [0.25, 0.3) is 0 Å². The van der Waals surface area contributed by atoms with Gasteiger partial charge in [0.25, 0.3) is 0 Å². The van der Waals surface area contributed by atoms with Crippen molar-refractivity contribution in [2.75, 3.05) is 40.9 Å². The Morgan fingerprint density at radius 2 is 0.965 bits per heavy atom. The van der Waals surface area contributed by atoms with Crippen LogP contribution in [-0.4, -0.2) is 73.4 Å². The van der Waals surface area contributed by atoms with E-state index in [9.17, 15) is 19.4 Å². The zero-order valence-electron chi connectivity index (χ0n) is 38.3. The molecule has 0 heterocycles. The summed E-state index contributed by atoms with van der Waals surface area (Å²) in [4.78, 5) is 23.1. The molecule has 0 saturated carbocycles. The number of unbranched alkanes of at least 4 members (excludes halogenated alkanes) is 29. The highest BCUT2D eigenvalue weighted by atomic mass is 31.2. The minimum atomic E-state index is -4.34. The van der Waals surface area contributed by atoms with Gasteiger partial charge in [-0.25, -0.2) is 4.57 Å². The molecular formula is C48H96N2O6P+. The number of carbonyl (C=O) groups excluding carboxylic acids is 1. The van der Waals surface area contributed by atoms with Crippen molar-refractivity contribution < 1.29 is 32.9 Å². The molecule has 8 nitrogen and oxygen atoms in total. The Kier molecular flexibility index (Phi) is 39.7. The van der Waals surface area contributed by atoms with Gasteiger partial charge in [0.1, 0.15) is 13.2 Å². The van der Waals surface area contributed by atoms with Crippen LogP contribution in [0.5, 0.6) is 0 Å². The number of phosphoric acid groups is 1. The standard InChI is InChI=1S/C48H95N2O6P/c1-6-8-10-12-14-16-18-19-20-21-22-23-24-25-26-27-28-29-30-32-33-35-37-39-41-47(51)46(45-56-57(53,54)55-44-43-50(3,4)5)49-48(52)42-40-38-36-34-31-17-15-13-11-9-7-2/h13,15,39,41,46-47,51H,6-12,14,16-38,40,42-45H2,1-5H3,(H-,49,52,53,54)/p+1/b15-13-,41-39+. The number of hydrogen-bond donors (Lipinski definition) is 3. The van der Waals surface area contributed by atoms with Crippen molar-refractivity contribution in [3.63, 3.8) is 0 Å². The predicted octanol–water partition coefficient (Wildman–Crippen LogP) is 13.7. The second-order valence-electron chi connectivity index (χ2n) is 17.8. The number of quaternary nitrogens is 1. The number of phosphoric ester groups is 1. The number of nitrogens with one attached hydrogen (secondary N) is 1. The number of aliphatic hydroxyl groups is 1. The van der Waals surface area contributed by atoms with Crippen LogP contribution >= 0.6 is 7.82 Å². The first-order valence-electron chi connectivity index (χ1n) is 24.2. The van der Waals surface area contributed by atoms with E-state index >= 15 is 0 Å². The second kappa shape index (κ2) is 40.4. The van der Waals surface area contributed by atoms with Crippen molar-refractivity contribution in [3.8, 4) is 0 Å². The number of hydrogen-bond acceptors (Lipinski definition) is 5. The fraction of sp³-hybridized carbons (Fsp3) is 0.896. The molecular weight excluding hydrogens is 732 g/mol. The smallest absolute Gasteiger partial charge is 0.387 e. The summed E-state index contributed by atoms with van der Waals surface area (Å²) in [6, 6.07) is -0.847. The van der Waals surface area contributed by atoms with Gasteiger partial charge < -0.3 is 19.8 Å². The number of carbonyl (C=O) groups is 1. The molecule has 0 saturated heterocycles. The van der Waals surface area contributed by atoms with Crippen LogP contribution in [0.1, 0.15) is 226 Å². The third-order valence-electron chi connectivity index (χ3n) is 10.9. The molecule has 0 bridgehead atoms. The Hall–Kier alpha value is -1.02. The number of likely N-dealkylation sites (N-methyl/N-ethyl adjacent to an activating group) is 1. The maximum Gasteiger partial charge on any atom is 0.472 e. The van der Waals surface area contributed by atoms with E-state index in [4.69, 9.17) is 9.05 Å². The summed E-state index contributed by atoms with van der Waals surface area (Å²) < 4.78 is 23.6. The van der Waals surface area contributed by atoms with Crippen LogP contribution in [0.4, 0.5) is 0 Å². The molecule has 0 aliphatic heterocycles. The molecule has 0 fully saturated rings. The van der Waals surface area contributed by atoms with Gasteiger partial charge in [0.2, 0.25) is 5.91 Å². The van der Waals surface area contributed by atoms with Crippen LogP contribution in [0.15, 0.2) is 24.3 Å². The van der Waals surface area contributed by atoms with Gasteiger partial charge in [-0.1, -0.05) is 205 Å². The molecule has 0 aromatic rings. The maximum absolute atomic E-state index is 12.8. The molecule has 1 amide bonds. The Labute approximate surface area is 354 Å². The topological polar surface area (TPSA) is 105 Å². The van der Waals surface area contributed by atoms with Gasteiger partial charge in [0.15, 0.2) is 0 Å². The van der Waals surface area contributed by atoms with Crippen LogP contribution in [0, 0.1) is 0 Å². The first-order chi connectivity index (χ1) is 27.5. The highest BCUT2D eigenvalue weighted by Gasteiger charge is 2.27. The molecule has 0 radical (unpaired) electrons. The second-order valence-corrected chi connectivity index (χ2v) is 19.3. The van der Waals surface area contributed by atoms with Crippen molar-refractivity contribution in [1.82, 2.24) is 5.32 Å². The minimum Gasteiger partial charge on any atom is -0.387 e. The van der Waals surface area contributed by atoms with E-state index in [0.29, 0.717) is 17.4 Å². The number of aliphatic hydroxyl groups excluding tert-OH is 1. The van der Waals surface area contributed by atoms with E-state index < -0.39 is 20.0 Å². The molecule has 0 aromatic carbocycles. The van der Waals surface area contributed by atoms with Gasteiger partial charge in [-0.3, -0.25) is 13.8 Å². The lowest BCUT2D eigenvalue weighted by Gasteiger charge is -2.25. The van der Waals surface area contributed by atoms with Crippen LogP contribution in [0.2, 0.25) is 0 Å². The summed E-state index contributed by atoms with van der Waals surface area (Å²) in [7, 11) is 1.57. The fourth-order valence-corrected chi connectivity index (χ4v) is 7.76. The SMILES string of the molecule is CCCC/C=C\CCCCCCCC(=O)NC(COP(=O)(O)OCC[N+](C)(C)C)C(O)/C=C/CCCCCCCCCCCCCCCCCCCCCCCC. The predicted molar refractivity (Wildman–Crippen MR) is 245 cm³/mol. The molecule has 3 N–H and O–H groups in total. The van der Waals surface area contributed by atoms with Crippen molar-refractivity contribution in [2.24, 2.45) is 0 Å². The lowest BCUT2D eigenvalue weighted by Crippen LogP contribution is -2.45. The molecule has 0 rings (SSSR count). The van der Waals surface area contributed by atoms with Crippen LogP contribution in [0.3, 0.4) is 0 Å². The van der Waals surface area contributed by atoms with E-state index in [1.165, 1.54) is 154 Å². The van der Waals surface area contributed by atoms with Crippen molar-refractivity contribution in [1.29, 1.82) is 0 Å². The third kappa shape index (κ3) is 42.9. The average Bonchev–Trinajstić information content (AvgIpc) is 3.16. The van der Waals surface area contributed by atoms with Crippen LogP contribution in [-0.2, 0) is 18.4 Å². The van der Waals surface area contributed by atoms with Gasteiger partial charge in [-0.2, -0.15) is 0 Å².